The van der Waals surface area contributed by atoms with E-state index in [9.17, 15) is 0 Å². The summed E-state index contributed by atoms with van der Waals surface area (Å²) in [6, 6.07) is 66.9. The Morgan fingerprint density at radius 1 is 0.268 bits per heavy atom. The van der Waals surface area contributed by atoms with Gasteiger partial charge >= 0.3 is 0 Å². The Morgan fingerprint density at radius 2 is 0.380 bits per heavy atom. The van der Waals surface area contributed by atoms with Crippen molar-refractivity contribution in [3.05, 3.63) is 194 Å². The van der Waals surface area contributed by atoms with Gasteiger partial charge in [0.05, 0.1) is 0 Å². The summed E-state index contributed by atoms with van der Waals surface area (Å²) in [7, 11) is 4.00. The van der Waals surface area contributed by atoms with Gasteiger partial charge in [-0.1, -0.05) is 262 Å². The van der Waals surface area contributed by atoms with E-state index in [-0.39, 0.29) is 0 Å². The van der Waals surface area contributed by atoms with Crippen molar-refractivity contribution in [2.24, 2.45) is 34.5 Å². The predicted octanol–water partition coefficient (Wildman–Crippen LogP) is 17.9. The second kappa shape index (κ2) is 37.4. The molecule has 5 fully saturated rings. The molecule has 4 N–H and O–H groups in total. The van der Waals surface area contributed by atoms with E-state index in [4.69, 9.17) is 20.4 Å². The molecular weight excluding hydrogens is 869 g/mol. The van der Waals surface area contributed by atoms with Crippen LogP contribution in [0.5, 0.6) is 0 Å². The lowest BCUT2D eigenvalue weighted by atomic mass is 9.61. The van der Waals surface area contributed by atoms with Gasteiger partial charge < -0.3 is 20.4 Å². The summed E-state index contributed by atoms with van der Waals surface area (Å²) in [5, 5.41) is 38.5. The third kappa shape index (κ3) is 21.1. The van der Waals surface area contributed by atoms with Gasteiger partial charge in [-0.15, -0.1) is 0 Å². The molecule has 5 aliphatic rings. The van der Waals surface area contributed by atoms with Crippen LogP contribution in [0.15, 0.2) is 194 Å². The van der Waals surface area contributed by atoms with E-state index in [1.54, 1.807) is 6.42 Å². The number of benzene rings is 8. The minimum absolute atomic E-state index is 0.722. The van der Waals surface area contributed by atoms with Gasteiger partial charge in [0.2, 0.25) is 0 Å². The van der Waals surface area contributed by atoms with E-state index >= 15 is 0 Å². The first-order valence-corrected chi connectivity index (χ1v) is 26.2. The van der Waals surface area contributed by atoms with Gasteiger partial charge in [0.25, 0.3) is 0 Å². The van der Waals surface area contributed by atoms with Crippen LogP contribution in [0.4, 0.5) is 0 Å². The Balaban J connectivity index is 0.000000405. The van der Waals surface area contributed by atoms with Crippen LogP contribution >= 0.6 is 0 Å². The number of fused-ring (bicyclic) bond motifs is 7. The first-order valence-electron chi connectivity index (χ1n) is 26.2. The fourth-order valence-corrected chi connectivity index (χ4v) is 9.95. The first kappa shape index (κ1) is 63.7. The molecule has 13 rings (SSSR count). The molecule has 5 saturated carbocycles. The maximum absolute atomic E-state index is 7.00. The first-order chi connectivity index (χ1) is 34.6. The number of rotatable bonds is 0. The molecule has 8 aromatic carbocycles. The van der Waals surface area contributed by atoms with Crippen LogP contribution < -0.4 is 0 Å². The summed E-state index contributed by atoms with van der Waals surface area (Å²) < 4.78 is 0. The molecule has 0 aliphatic heterocycles. The van der Waals surface area contributed by atoms with Crippen molar-refractivity contribution in [1.29, 1.82) is 0 Å². The van der Waals surface area contributed by atoms with Crippen LogP contribution in [0.2, 0.25) is 0 Å². The van der Waals surface area contributed by atoms with Crippen LogP contribution in [0.1, 0.15) is 113 Å². The van der Waals surface area contributed by atoms with Gasteiger partial charge in [-0.25, -0.2) is 0 Å². The van der Waals surface area contributed by atoms with Gasteiger partial charge in [-0.2, -0.15) is 0 Å². The van der Waals surface area contributed by atoms with Crippen molar-refractivity contribution in [3.8, 4) is 0 Å². The van der Waals surface area contributed by atoms with Crippen LogP contribution in [0, 0.1) is 34.5 Å². The molecule has 4 bridgehead atoms. The largest absolute Gasteiger partial charge is 0.400 e. The van der Waals surface area contributed by atoms with E-state index in [0.29, 0.717) is 0 Å². The zero-order valence-corrected chi connectivity index (χ0v) is 45.9. The van der Waals surface area contributed by atoms with Crippen LogP contribution in [0.3, 0.4) is 0 Å². The second-order valence-electron chi connectivity index (χ2n) is 19.2. The summed E-state index contributed by atoms with van der Waals surface area (Å²) in [5.74, 6) is 4.38. The highest BCUT2D eigenvalue weighted by Gasteiger charge is 2.52. The molecule has 0 amide bonds. The number of aliphatic hydroxyl groups excluding tert-OH is 4. The molecule has 5 aliphatic carbocycles. The maximum Gasteiger partial charge on any atom is 0.0319 e. The van der Waals surface area contributed by atoms with Crippen molar-refractivity contribution >= 4 is 43.1 Å². The maximum atomic E-state index is 7.00. The van der Waals surface area contributed by atoms with Crippen LogP contribution in [0.25, 0.3) is 43.1 Å². The van der Waals surface area contributed by atoms with Crippen molar-refractivity contribution in [2.45, 2.75) is 113 Å². The number of hydrogen-bond donors (Lipinski definition) is 4. The van der Waals surface area contributed by atoms with E-state index in [1.807, 2.05) is 0 Å². The van der Waals surface area contributed by atoms with Gasteiger partial charge in [0.15, 0.2) is 0 Å². The van der Waals surface area contributed by atoms with E-state index in [0.717, 1.165) is 62.9 Å². The van der Waals surface area contributed by atoms with Crippen molar-refractivity contribution in [3.63, 3.8) is 0 Å². The van der Waals surface area contributed by atoms with Gasteiger partial charge in [-0.3, -0.25) is 0 Å². The second-order valence-corrected chi connectivity index (χ2v) is 19.2. The fraction of sp³-hybridized carbons (Fsp3) is 0.403. The minimum atomic E-state index is 0.722. The molecule has 0 aromatic heterocycles. The molecule has 0 spiro atoms. The van der Waals surface area contributed by atoms with E-state index in [2.05, 4.69) is 250 Å². The Bertz CT molecular complexity index is 1920. The highest BCUT2D eigenvalue weighted by molar-refractivity contribution is 5.84. The highest BCUT2D eigenvalue weighted by Crippen LogP contribution is 2.61. The summed E-state index contributed by atoms with van der Waals surface area (Å²) in [6.07, 6.45) is 13.2. The molecular formula is C67H94O4. The Labute approximate surface area is 431 Å². The Kier molecular flexibility index (Phi) is 33.6. The fourth-order valence-electron chi connectivity index (χ4n) is 9.95. The molecule has 2 unspecified atom stereocenters. The lowest BCUT2D eigenvalue weighted by molar-refractivity contribution is 0.0523. The molecule has 8 aromatic rings. The monoisotopic (exact) mass is 963 g/mol. The average Bonchev–Trinajstić information content (AvgIpc) is 4.22. The molecule has 4 heteroatoms. The normalized spacial score (nSPS) is 17.8. The molecule has 0 saturated heterocycles. The molecule has 71 heavy (non-hydrogen) atoms. The zero-order valence-electron chi connectivity index (χ0n) is 45.9. The van der Waals surface area contributed by atoms with Gasteiger partial charge in [-0.05, 0) is 123 Å². The molecule has 0 heterocycles. The average molecular weight is 963 g/mol. The topological polar surface area (TPSA) is 80.9 Å². The lowest BCUT2D eigenvalue weighted by Gasteiger charge is -2.44. The Morgan fingerprint density at radius 3 is 0.451 bits per heavy atom. The summed E-state index contributed by atoms with van der Waals surface area (Å²) in [6.45, 7) is 18.3. The lowest BCUT2D eigenvalue weighted by Crippen LogP contribution is -2.36. The van der Waals surface area contributed by atoms with Crippen molar-refractivity contribution in [2.75, 3.05) is 28.4 Å². The zero-order chi connectivity index (χ0) is 52.9. The molecule has 4 nitrogen and oxygen atoms in total. The molecule has 2 atom stereocenters. The van der Waals surface area contributed by atoms with Crippen LogP contribution in [-0.4, -0.2) is 48.9 Å². The quantitative estimate of drug-likeness (QED) is 0.122. The predicted molar refractivity (Wildman–Crippen MR) is 314 cm³/mol. The van der Waals surface area contributed by atoms with Crippen molar-refractivity contribution in [1.82, 2.24) is 0 Å². The Hall–Kier alpha value is -5.36. The van der Waals surface area contributed by atoms with Gasteiger partial charge in [0.1, 0.15) is 0 Å². The van der Waals surface area contributed by atoms with Crippen molar-refractivity contribution < 1.29 is 20.4 Å². The van der Waals surface area contributed by atoms with Crippen LogP contribution in [-0.2, 0) is 0 Å². The standard InChI is InChI=1S/4C10H8.C9H16.C8H14.2C3H8.4CH4O/c4*1-2-6-10-8-4-3-7-9(10)5-1;1-9(2)7-3-4-8(9)6-5-7;1-8(2)6-3-4-7(8)5-6;2*1-3-2;4*1-2/h4*1-8H;7-8H,3-6H2,1-2H3;6-7H,3-5H2,1-2H3;2*3H2,1-2H3;4*2H,1H3. The molecule has 386 valence electrons. The van der Waals surface area contributed by atoms with E-state index in [1.165, 1.54) is 94.5 Å². The smallest absolute Gasteiger partial charge is 0.0319 e. The molecule has 0 radical (unpaired) electrons. The van der Waals surface area contributed by atoms with Gasteiger partial charge in [0, 0.05) is 28.4 Å². The number of aliphatic hydroxyl groups is 4. The minimum Gasteiger partial charge on any atom is -0.400 e. The number of hydrogen-bond acceptors (Lipinski definition) is 4. The summed E-state index contributed by atoms with van der Waals surface area (Å²) in [4.78, 5) is 0. The highest BCUT2D eigenvalue weighted by atomic mass is 16.2. The van der Waals surface area contributed by atoms with E-state index < -0.39 is 0 Å². The summed E-state index contributed by atoms with van der Waals surface area (Å²) >= 11 is 0. The SMILES string of the molecule is CC1(C)C2CCC1C2.CC1(C)C2CCC1CC2.CCC.CCC.CO.CO.CO.CO.c1ccc2ccccc2c1.c1ccc2ccccc2c1.c1ccc2ccccc2c1.c1ccc2ccccc2c1. The third-order valence-electron chi connectivity index (χ3n) is 14.0. The third-order valence-corrected chi connectivity index (χ3v) is 14.0. The summed E-state index contributed by atoms with van der Waals surface area (Å²) in [5.41, 5.74) is 1.47.